The number of benzene rings is 1. The van der Waals surface area contributed by atoms with E-state index in [1.807, 2.05) is 6.92 Å². The molecule has 2 saturated carbocycles. The van der Waals surface area contributed by atoms with Crippen LogP contribution in [0.5, 0.6) is 0 Å². The fourth-order valence-corrected chi connectivity index (χ4v) is 5.24. The van der Waals surface area contributed by atoms with E-state index in [1.165, 1.54) is 25.0 Å². The van der Waals surface area contributed by atoms with Gasteiger partial charge in [0.1, 0.15) is 11.6 Å². The monoisotopic (exact) mass is 434 g/mol. The van der Waals surface area contributed by atoms with E-state index in [0.717, 1.165) is 63.9 Å². The van der Waals surface area contributed by atoms with Crippen LogP contribution in [-0.4, -0.2) is 0 Å². The Balaban J connectivity index is 1.42. The van der Waals surface area contributed by atoms with Gasteiger partial charge in [-0.05, 0) is 99.3 Å². The van der Waals surface area contributed by atoms with E-state index in [2.05, 4.69) is 11.8 Å². The predicted octanol–water partition coefficient (Wildman–Crippen LogP) is 8.44. The molecule has 2 aliphatic rings. The Morgan fingerprint density at radius 3 is 1.97 bits per heavy atom. The van der Waals surface area contributed by atoms with Gasteiger partial charge < -0.3 is 0 Å². The first-order chi connectivity index (χ1) is 14.9. The summed E-state index contributed by atoms with van der Waals surface area (Å²) in [6.07, 6.45) is 11.6. The Hall–Kier alpha value is -1.76. The molecule has 0 atom stereocenters. The summed E-state index contributed by atoms with van der Waals surface area (Å²) in [6.45, 7) is 1.99. The minimum Gasteiger partial charge on any atom is -0.206 e. The van der Waals surface area contributed by atoms with Crippen LogP contribution in [0.4, 0.5) is 17.6 Å². The van der Waals surface area contributed by atoms with Crippen molar-refractivity contribution in [1.82, 2.24) is 0 Å². The van der Waals surface area contributed by atoms with E-state index in [0.29, 0.717) is 23.8 Å². The highest BCUT2D eigenvalue weighted by Crippen LogP contribution is 2.37. The first kappa shape index (κ1) is 23.9. The van der Waals surface area contributed by atoms with Crippen LogP contribution in [-0.2, 0) is 6.42 Å². The van der Waals surface area contributed by atoms with Gasteiger partial charge >= 0.3 is 0 Å². The van der Waals surface area contributed by atoms with Crippen LogP contribution in [0.1, 0.15) is 88.7 Å². The Morgan fingerprint density at radius 1 is 0.903 bits per heavy atom. The van der Waals surface area contributed by atoms with Gasteiger partial charge in [0.15, 0.2) is 0 Å². The van der Waals surface area contributed by atoms with Gasteiger partial charge in [-0.25, -0.2) is 8.78 Å². The fourth-order valence-electron chi connectivity index (χ4n) is 5.24. The number of allylic oxidation sites excluding steroid dienone is 1. The molecule has 3 rings (SSSR count). The number of halogens is 4. The smallest absolute Gasteiger partial charge is 0.206 e. The minimum absolute atomic E-state index is 0.0628. The van der Waals surface area contributed by atoms with E-state index in [-0.39, 0.29) is 17.4 Å². The Kier molecular flexibility index (Phi) is 9.05. The van der Waals surface area contributed by atoms with E-state index in [4.69, 9.17) is 0 Å². The largest absolute Gasteiger partial charge is 0.266 e. The number of hydrogen-bond donors (Lipinski definition) is 0. The van der Waals surface area contributed by atoms with Gasteiger partial charge in [-0.1, -0.05) is 38.0 Å². The maximum atomic E-state index is 14.2. The van der Waals surface area contributed by atoms with Crippen LogP contribution in [0.15, 0.2) is 24.3 Å². The van der Waals surface area contributed by atoms with Gasteiger partial charge in [0.05, 0.1) is 5.56 Å². The maximum Gasteiger partial charge on any atom is 0.266 e. The van der Waals surface area contributed by atoms with Gasteiger partial charge in [-0.15, -0.1) is 0 Å². The van der Waals surface area contributed by atoms with Crippen molar-refractivity contribution in [3.63, 3.8) is 0 Å². The van der Waals surface area contributed by atoms with E-state index >= 15 is 0 Å². The molecule has 0 radical (unpaired) electrons. The summed E-state index contributed by atoms with van der Waals surface area (Å²) in [7, 11) is 0. The average Bonchev–Trinajstić information content (AvgIpc) is 2.73. The average molecular weight is 435 g/mol. The van der Waals surface area contributed by atoms with E-state index < -0.39 is 17.7 Å². The van der Waals surface area contributed by atoms with Crippen LogP contribution >= 0.6 is 0 Å². The Labute approximate surface area is 184 Å². The third kappa shape index (κ3) is 7.41. The second-order valence-corrected chi connectivity index (χ2v) is 9.49. The van der Waals surface area contributed by atoms with Crippen LogP contribution in [0, 0.1) is 47.1 Å². The molecule has 0 saturated heterocycles. The van der Waals surface area contributed by atoms with Crippen molar-refractivity contribution >= 4 is 0 Å². The summed E-state index contributed by atoms with van der Waals surface area (Å²) in [5.41, 5.74) is 0.586. The summed E-state index contributed by atoms with van der Waals surface area (Å²) >= 11 is 0. The summed E-state index contributed by atoms with van der Waals surface area (Å²) in [5, 5.41) is 0. The summed E-state index contributed by atoms with van der Waals surface area (Å²) in [5.74, 6) is 6.44. The highest BCUT2D eigenvalue weighted by molar-refractivity contribution is 5.39. The van der Waals surface area contributed by atoms with Gasteiger partial charge in [0.25, 0.3) is 6.08 Å². The summed E-state index contributed by atoms with van der Waals surface area (Å²) in [6, 6.07) is 2.82. The highest BCUT2D eigenvalue weighted by atomic mass is 19.3. The van der Waals surface area contributed by atoms with Crippen LogP contribution in [0.3, 0.4) is 0 Å². The van der Waals surface area contributed by atoms with Crippen molar-refractivity contribution in [2.45, 2.75) is 84.0 Å². The molecule has 0 unspecified atom stereocenters. The quantitative estimate of drug-likeness (QED) is 0.311. The zero-order valence-electron chi connectivity index (χ0n) is 18.5. The lowest BCUT2D eigenvalue weighted by molar-refractivity contribution is 0.240. The Bertz CT molecular complexity index is 773. The highest BCUT2D eigenvalue weighted by Gasteiger charge is 2.24. The van der Waals surface area contributed by atoms with Crippen molar-refractivity contribution in [2.75, 3.05) is 0 Å². The molecule has 1 aromatic carbocycles. The molecule has 2 fully saturated rings. The number of rotatable bonds is 6. The van der Waals surface area contributed by atoms with Crippen molar-refractivity contribution in [3.05, 3.63) is 47.1 Å². The topological polar surface area (TPSA) is 0 Å². The SMILES string of the molecule is CCCc1cc(F)c(C#C[C@H]2CC[C@H](CC[C@H]3CC[C@H](C=C(F)F)CC3)CC2)c(F)c1. The second-order valence-electron chi connectivity index (χ2n) is 9.49. The van der Waals surface area contributed by atoms with Crippen LogP contribution < -0.4 is 0 Å². The standard InChI is InChI=1S/C27H34F4/c1-2-3-23-16-25(28)24(26(29)17-23)15-14-21-8-6-19(7-9-21)4-5-20-10-12-22(13-11-20)18-27(30)31/h16-22H,2-13H2,1H3/t19-,20-,21-,22-. The van der Waals surface area contributed by atoms with Gasteiger partial charge in [-0.3, -0.25) is 0 Å². The van der Waals surface area contributed by atoms with Crippen molar-refractivity contribution in [1.29, 1.82) is 0 Å². The molecule has 0 nitrogen and oxygen atoms in total. The molecule has 0 N–H and O–H groups in total. The first-order valence-electron chi connectivity index (χ1n) is 12.0. The zero-order chi connectivity index (χ0) is 22.2. The second kappa shape index (κ2) is 11.7. The summed E-state index contributed by atoms with van der Waals surface area (Å²) in [4.78, 5) is 0. The number of aryl methyl sites for hydroxylation is 1. The van der Waals surface area contributed by atoms with E-state index in [9.17, 15) is 17.6 Å². The lowest BCUT2D eigenvalue weighted by Crippen LogP contribution is -2.17. The van der Waals surface area contributed by atoms with Gasteiger partial charge in [0, 0.05) is 5.92 Å². The molecular weight excluding hydrogens is 400 g/mol. The van der Waals surface area contributed by atoms with Crippen molar-refractivity contribution in [3.8, 4) is 11.8 Å². The molecule has 2 aliphatic carbocycles. The summed E-state index contributed by atoms with van der Waals surface area (Å²) < 4.78 is 53.2. The van der Waals surface area contributed by atoms with Gasteiger partial charge in [0.2, 0.25) is 0 Å². The molecule has 0 amide bonds. The van der Waals surface area contributed by atoms with Crippen LogP contribution in [0.25, 0.3) is 0 Å². The molecular formula is C27H34F4. The number of hydrogen-bond acceptors (Lipinski definition) is 0. The molecule has 31 heavy (non-hydrogen) atoms. The fraction of sp³-hybridized carbons (Fsp3) is 0.630. The molecule has 0 aliphatic heterocycles. The molecule has 0 aromatic heterocycles. The molecule has 0 spiro atoms. The van der Waals surface area contributed by atoms with Gasteiger partial charge in [-0.2, -0.15) is 8.78 Å². The lowest BCUT2D eigenvalue weighted by atomic mass is 9.75. The van der Waals surface area contributed by atoms with Crippen LogP contribution in [0.2, 0.25) is 0 Å². The maximum absolute atomic E-state index is 14.2. The third-order valence-corrected chi connectivity index (χ3v) is 7.12. The molecule has 0 bridgehead atoms. The molecule has 170 valence electrons. The van der Waals surface area contributed by atoms with Crippen molar-refractivity contribution in [2.24, 2.45) is 23.7 Å². The molecule has 0 heterocycles. The molecule has 4 heteroatoms. The normalized spacial score (nSPS) is 26.1. The molecule has 1 aromatic rings. The Morgan fingerprint density at radius 2 is 1.45 bits per heavy atom. The third-order valence-electron chi connectivity index (χ3n) is 7.12. The van der Waals surface area contributed by atoms with Crippen molar-refractivity contribution < 1.29 is 17.6 Å². The minimum atomic E-state index is -1.54. The lowest BCUT2D eigenvalue weighted by Gasteiger charge is -2.30. The predicted molar refractivity (Wildman–Crippen MR) is 118 cm³/mol. The van der Waals surface area contributed by atoms with E-state index in [1.54, 1.807) is 0 Å². The first-order valence-corrected chi connectivity index (χ1v) is 12.0. The zero-order valence-corrected chi connectivity index (χ0v) is 18.5.